The molecule has 4 nitrogen and oxygen atoms in total. The number of allylic oxidation sites excluding steroid dienone is 4. The van der Waals surface area contributed by atoms with Crippen LogP contribution in [0.3, 0.4) is 0 Å². The van der Waals surface area contributed by atoms with Crippen molar-refractivity contribution in [3.05, 3.63) is 22.8 Å². The standard InChI is InChI=1S/C25H39NO3S/c1-4-6-17-13-20-23(17)24(20)18-10-9-15(2)22(14-18)30(28,29)26-12-11-21(27)19-8-5-7-16(3)25(19)26/h13,15-16,18-19,21-22,24-25,27H,4-12,14H2,1-3H3/t15?,16?,18?,19?,21-,22?,24?,25?/m0/s1. The maximum absolute atomic E-state index is 14.0. The predicted octanol–water partition coefficient (Wildman–Crippen LogP) is 4.66. The van der Waals surface area contributed by atoms with Gasteiger partial charge < -0.3 is 5.11 Å². The van der Waals surface area contributed by atoms with Crippen LogP contribution in [0.4, 0.5) is 0 Å². The smallest absolute Gasteiger partial charge is 0.217 e. The molecule has 2 saturated carbocycles. The van der Waals surface area contributed by atoms with Crippen LogP contribution in [0.15, 0.2) is 22.8 Å². The summed E-state index contributed by atoms with van der Waals surface area (Å²) in [4.78, 5) is 0. The molecule has 1 N–H and O–H groups in total. The van der Waals surface area contributed by atoms with Crippen LogP contribution in [-0.4, -0.2) is 41.8 Å². The molecule has 0 amide bonds. The van der Waals surface area contributed by atoms with Gasteiger partial charge in [0.05, 0.1) is 11.4 Å². The van der Waals surface area contributed by atoms with Crippen molar-refractivity contribution < 1.29 is 13.5 Å². The minimum absolute atomic E-state index is 0.00115. The third kappa shape index (κ3) is 3.26. The SMILES string of the molecule is CCCC1=CC2=C1C2C1CCC(C)C(S(=O)(=O)N2CC[C@H](O)C3CCCC(C)C32)C1. The summed E-state index contributed by atoms with van der Waals surface area (Å²) in [5.41, 5.74) is 4.67. The Morgan fingerprint density at radius 3 is 2.67 bits per heavy atom. The van der Waals surface area contributed by atoms with E-state index in [1.165, 1.54) is 24.8 Å². The van der Waals surface area contributed by atoms with E-state index in [-0.39, 0.29) is 29.2 Å². The van der Waals surface area contributed by atoms with Crippen LogP contribution in [0.25, 0.3) is 0 Å². The van der Waals surface area contributed by atoms with Gasteiger partial charge in [-0.05, 0) is 79.4 Å². The first-order chi connectivity index (χ1) is 14.3. The molecular formula is C25H39NO3S. The molecule has 168 valence electrons. The number of rotatable bonds is 5. The summed E-state index contributed by atoms with van der Waals surface area (Å²) in [7, 11) is -3.35. The Kier molecular flexibility index (Phi) is 5.47. The molecule has 0 aromatic rings. The molecule has 3 fully saturated rings. The molecule has 0 aromatic carbocycles. The summed E-state index contributed by atoms with van der Waals surface area (Å²) in [6.07, 6.45) is 11.2. The Bertz CT molecular complexity index is 860. The Labute approximate surface area is 182 Å². The molecule has 0 radical (unpaired) electrons. The predicted molar refractivity (Wildman–Crippen MR) is 120 cm³/mol. The van der Waals surface area contributed by atoms with E-state index in [1.54, 1.807) is 11.1 Å². The van der Waals surface area contributed by atoms with Gasteiger partial charge in [0.2, 0.25) is 10.0 Å². The van der Waals surface area contributed by atoms with Crippen LogP contribution >= 0.6 is 0 Å². The van der Waals surface area contributed by atoms with Crippen LogP contribution in [0.1, 0.15) is 78.6 Å². The van der Waals surface area contributed by atoms with E-state index in [1.807, 2.05) is 4.31 Å². The Balaban J connectivity index is 1.33. The highest BCUT2D eigenvalue weighted by atomic mass is 32.2. The van der Waals surface area contributed by atoms with Crippen molar-refractivity contribution in [1.82, 2.24) is 4.31 Å². The van der Waals surface area contributed by atoms with Crippen molar-refractivity contribution in [2.75, 3.05) is 6.54 Å². The monoisotopic (exact) mass is 433 g/mol. The second kappa shape index (κ2) is 7.74. The van der Waals surface area contributed by atoms with Crippen LogP contribution in [0.5, 0.6) is 0 Å². The Morgan fingerprint density at radius 2 is 1.90 bits per heavy atom. The van der Waals surface area contributed by atoms with E-state index in [4.69, 9.17) is 0 Å². The van der Waals surface area contributed by atoms with Gasteiger partial charge in [-0.1, -0.05) is 39.7 Å². The summed E-state index contributed by atoms with van der Waals surface area (Å²) in [5.74, 6) is 1.77. The molecule has 5 heteroatoms. The lowest BCUT2D eigenvalue weighted by Crippen LogP contribution is -2.60. The van der Waals surface area contributed by atoms with Crippen LogP contribution < -0.4 is 0 Å². The first-order valence-corrected chi connectivity index (χ1v) is 14.0. The van der Waals surface area contributed by atoms with Crippen LogP contribution in [0, 0.1) is 29.6 Å². The Morgan fingerprint density at radius 1 is 1.10 bits per heavy atom. The van der Waals surface area contributed by atoms with Crippen molar-refractivity contribution in [3.8, 4) is 0 Å². The zero-order valence-electron chi connectivity index (χ0n) is 18.9. The van der Waals surface area contributed by atoms with Gasteiger partial charge in [-0.3, -0.25) is 0 Å². The van der Waals surface area contributed by atoms with Gasteiger partial charge >= 0.3 is 0 Å². The van der Waals surface area contributed by atoms with Gasteiger partial charge in [-0.15, -0.1) is 0 Å². The zero-order chi connectivity index (χ0) is 21.2. The number of sulfonamides is 1. The fourth-order valence-electron chi connectivity index (χ4n) is 7.44. The van der Waals surface area contributed by atoms with E-state index in [2.05, 4.69) is 26.8 Å². The van der Waals surface area contributed by atoms with Gasteiger partial charge in [0.15, 0.2) is 0 Å². The number of aliphatic hydroxyl groups is 1. The molecule has 0 aromatic heterocycles. The summed E-state index contributed by atoms with van der Waals surface area (Å²) in [5, 5.41) is 10.3. The molecule has 7 unspecified atom stereocenters. The first kappa shape index (κ1) is 21.2. The lowest BCUT2D eigenvalue weighted by atomic mass is 9.72. The molecule has 1 aliphatic heterocycles. The second-order valence-electron chi connectivity index (χ2n) is 10.9. The van der Waals surface area contributed by atoms with E-state index >= 15 is 0 Å². The fourth-order valence-corrected chi connectivity index (χ4v) is 10.1. The maximum Gasteiger partial charge on any atom is 0.217 e. The summed E-state index contributed by atoms with van der Waals surface area (Å²) < 4.78 is 29.9. The number of fused-ring (bicyclic) bond motifs is 1. The second-order valence-corrected chi connectivity index (χ2v) is 13.0. The molecule has 8 atom stereocenters. The number of hydrogen-bond acceptors (Lipinski definition) is 3. The quantitative estimate of drug-likeness (QED) is 0.686. The highest BCUT2D eigenvalue weighted by Gasteiger charge is 2.53. The molecule has 0 spiro atoms. The average molecular weight is 434 g/mol. The number of nitrogens with zero attached hydrogens (tertiary/aromatic N) is 1. The largest absolute Gasteiger partial charge is 0.393 e. The molecule has 1 heterocycles. The number of piperidine rings is 1. The third-order valence-electron chi connectivity index (χ3n) is 9.10. The molecule has 5 aliphatic rings. The summed E-state index contributed by atoms with van der Waals surface area (Å²) in [6.45, 7) is 7.09. The molecular weight excluding hydrogens is 394 g/mol. The van der Waals surface area contributed by atoms with Crippen LogP contribution in [0.2, 0.25) is 0 Å². The molecule has 0 bridgehead atoms. The van der Waals surface area contributed by atoms with Crippen molar-refractivity contribution in [1.29, 1.82) is 0 Å². The molecule has 1 saturated heterocycles. The minimum atomic E-state index is -3.35. The highest BCUT2D eigenvalue weighted by molar-refractivity contribution is 7.89. The van der Waals surface area contributed by atoms with E-state index in [0.717, 1.165) is 32.1 Å². The van der Waals surface area contributed by atoms with Gasteiger partial charge in [-0.25, -0.2) is 8.42 Å². The normalized spacial score (nSPS) is 44.1. The molecule has 4 aliphatic carbocycles. The van der Waals surface area contributed by atoms with Crippen molar-refractivity contribution in [2.24, 2.45) is 29.6 Å². The molecule has 30 heavy (non-hydrogen) atoms. The van der Waals surface area contributed by atoms with Crippen molar-refractivity contribution >= 4 is 10.0 Å². The fraction of sp³-hybridized carbons (Fsp3) is 0.840. The zero-order valence-corrected chi connectivity index (χ0v) is 19.7. The average Bonchev–Trinajstić information content (AvgIpc) is 3.31. The van der Waals surface area contributed by atoms with E-state index in [0.29, 0.717) is 30.7 Å². The molecule has 5 rings (SSSR count). The lowest BCUT2D eigenvalue weighted by molar-refractivity contribution is -0.0239. The van der Waals surface area contributed by atoms with Gasteiger partial charge in [0.1, 0.15) is 0 Å². The van der Waals surface area contributed by atoms with E-state index in [9.17, 15) is 13.5 Å². The summed E-state index contributed by atoms with van der Waals surface area (Å²) in [6, 6.07) is -0.00115. The minimum Gasteiger partial charge on any atom is -0.393 e. The Hall–Kier alpha value is -0.650. The topological polar surface area (TPSA) is 57.6 Å². The lowest BCUT2D eigenvalue weighted by Gasteiger charge is -2.50. The van der Waals surface area contributed by atoms with E-state index < -0.39 is 10.0 Å². The summed E-state index contributed by atoms with van der Waals surface area (Å²) >= 11 is 0. The van der Waals surface area contributed by atoms with Crippen molar-refractivity contribution in [3.63, 3.8) is 0 Å². The van der Waals surface area contributed by atoms with Gasteiger partial charge in [-0.2, -0.15) is 4.31 Å². The first-order valence-electron chi connectivity index (χ1n) is 12.5. The number of hydrogen-bond donors (Lipinski definition) is 1. The van der Waals surface area contributed by atoms with Gasteiger partial charge in [0.25, 0.3) is 0 Å². The third-order valence-corrected chi connectivity index (χ3v) is 11.6. The number of aliphatic hydroxyl groups excluding tert-OH is 1. The maximum atomic E-state index is 14.0. The van der Waals surface area contributed by atoms with Crippen molar-refractivity contribution in [2.45, 2.75) is 96.0 Å². The highest BCUT2D eigenvalue weighted by Crippen LogP contribution is 2.61. The van der Waals surface area contributed by atoms with Crippen LogP contribution in [-0.2, 0) is 10.0 Å². The van der Waals surface area contributed by atoms with Gasteiger partial charge in [0, 0.05) is 24.4 Å².